The van der Waals surface area contributed by atoms with E-state index in [1.807, 2.05) is 46.7 Å². The highest BCUT2D eigenvalue weighted by atomic mass is 35.5. The fourth-order valence-corrected chi connectivity index (χ4v) is 4.57. The predicted molar refractivity (Wildman–Crippen MR) is 129 cm³/mol. The predicted octanol–water partition coefficient (Wildman–Crippen LogP) is 5.03. The third-order valence-electron chi connectivity index (χ3n) is 5.07. The maximum atomic E-state index is 12.5. The maximum Gasteiger partial charge on any atom is 0.264 e. The summed E-state index contributed by atoms with van der Waals surface area (Å²) >= 11 is 13.4. The fourth-order valence-electron chi connectivity index (χ4n) is 3.41. The second-order valence-corrected chi connectivity index (χ2v) is 9.01. The van der Waals surface area contributed by atoms with Gasteiger partial charge in [0.05, 0.1) is 9.90 Å². The van der Waals surface area contributed by atoms with E-state index in [1.165, 1.54) is 11.3 Å². The van der Waals surface area contributed by atoms with Crippen molar-refractivity contribution in [3.8, 4) is 5.75 Å². The summed E-state index contributed by atoms with van der Waals surface area (Å²) < 4.78 is 5.46. The number of hydrogen-bond acceptors (Lipinski definition) is 5. The molecule has 1 aliphatic heterocycles. The zero-order valence-electron chi connectivity index (χ0n) is 17.1. The molecule has 9 heteroatoms. The van der Waals surface area contributed by atoms with Gasteiger partial charge in [-0.3, -0.25) is 9.59 Å². The van der Waals surface area contributed by atoms with Crippen molar-refractivity contribution in [3.05, 3.63) is 74.9 Å². The lowest BCUT2D eigenvalue weighted by Crippen LogP contribution is -2.48. The van der Waals surface area contributed by atoms with Crippen LogP contribution in [-0.2, 0) is 4.79 Å². The van der Waals surface area contributed by atoms with Crippen molar-refractivity contribution in [1.29, 1.82) is 0 Å². The Bertz CT molecular complexity index is 1080. The molecule has 1 saturated heterocycles. The number of thiophene rings is 1. The molecular weight excluding hydrogens is 469 g/mol. The Kier molecular flexibility index (Phi) is 7.19. The van der Waals surface area contributed by atoms with Crippen molar-refractivity contribution in [1.82, 2.24) is 4.90 Å². The van der Waals surface area contributed by atoms with Crippen LogP contribution in [-0.4, -0.2) is 49.5 Å². The summed E-state index contributed by atoms with van der Waals surface area (Å²) in [5.74, 6) is 0.211. The van der Waals surface area contributed by atoms with Gasteiger partial charge < -0.3 is 19.9 Å². The van der Waals surface area contributed by atoms with Crippen LogP contribution in [0.5, 0.6) is 5.75 Å². The van der Waals surface area contributed by atoms with E-state index in [0.29, 0.717) is 34.6 Å². The zero-order chi connectivity index (χ0) is 22.5. The molecule has 166 valence electrons. The molecule has 1 fully saturated rings. The average Bonchev–Trinajstić information content (AvgIpc) is 3.34. The Labute approximate surface area is 200 Å². The molecule has 4 rings (SSSR count). The minimum Gasteiger partial charge on any atom is -0.482 e. The largest absolute Gasteiger partial charge is 0.482 e. The number of ether oxygens (including phenoxy) is 1. The summed E-state index contributed by atoms with van der Waals surface area (Å²) in [6.45, 7) is 2.72. The van der Waals surface area contributed by atoms with Crippen LogP contribution in [0.2, 0.25) is 10.0 Å². The van der Waals surface area contributed by atoms with Crippen LogP contribution in [0, 0.1) is 0 Å². The van der Waals surface area contributed by atoms with Crippen LogP contribution in [0.3, 0.4) is 0 Å². The quantitative estimate of drug-likeness (QED) is 0.526. The first kappa shape index (κ1) is 22.5. The van der Waals surface area contributed by atoms with Gasteiger partial charge >= 0.3 is 0 Å². The van der Waals surface area contributed by atoms with Crippen LogP contribution in [0.4, 0.5) is 11.4 Å². The van der Waals surface area contributed by atoms with Crippen molar-refractivity contribution >= 4 is 57.7 Å². The monoisotopic (exact) mass is 489 g/mol. The molecular formula is C23H21Cl2N3O3S. The van der Waals surface area contributed by atoms with Crippen LogP contribution in [0.1, 0.15) is 9.67 Å². The second-order valence-electron chi connectivity index (χ2n) is 7.22. The summed E-state index contributed by atoms with van der Waals surface area (Å²) in [7, 11) is 0. The highest BCUT2D eigenvalue weighted by Crippen LogP contribution is 2.27. The normalized spacial score (nSPS) is 13.7. The summed E-state index contributed by atoms with van der Waals surface area (Å²) in [6, 6.07) is 16.2. The molecule has 0 radical (unpaired) electrons. The Hall–Kier alpha value is -2.74. The third kappa shape index (κ3) is 5.54. The molecule has 0 unspecified atom stereocenters. The number of nitrogens with zero attached hydrogens (tertiary/aromatic N) is 2. The van der Waals surface area contributed by atoms with Crippen LogP contribution in [0.15, 0.2) is 60.0 Å². The van der Waals surface area contributed by atoms with Gasteiger partial charge in [0.15, 0.2) is 6.61 Å². The van der Waals surface area contributed by atoms with Crippen LogP contribution < -0.4 is 15.0 Å². The van der Waals surface area contributed by atoms with E-state index in [0.717, 1.165) is 23.7 Å². The number of benzene rings is 2. The lowest BCUT2D eigenvalue weighted by molar-refractivity contribution is -0.118. The molecule has 0 spiro atoms. The highest BCUT2D eigenvalue weighted by molar-refractivity contribution is 7.12. The Morgan fingerprint density at radius 1 is 1.00 bits per heavy atom. The van der Waals surface area contributed by atoms with Crippen molar-refractivity contribution in [3.63, 3.8) is 0 Å². The first-order chi connectivity index (χ1) is 15.5. The van der Waals surface area contributed by atoms with Crippen molar-refractivity contribution in [2.24, 2.45) is 0 Å². The average molecular weight is 490 g/mol. The van der Waals surface area contributed by atoms with Gasteiger partial charge in [-0.05, 0) is 53.9 Å². The summed E-state index contributed by atoms with van der Waals surface area (Å²) in [5, 5.41) is 5.58. The van der Waals surface area contributed by atoms with E-state index >= 15 is 0 Å². The van der Waals surface area contributed by atoms with Gasteiger partial charge in [-0.25, -0.2) is 0 Å². The Balaban J connectivity index is 1.26. The SMILES string of the molecule is O=C(COc1ccc(Cl)cc1Cl)Nc1ccc(N2CCN(C(=O)c3cccs3)CC2)cc1. The van der Waals surface area contributed by atoms with Gasteiger partial charge in [0.25, 0.3) is 11.8 Å². The highest BCUT2D eigenvalue weighted by Gasteiger charge is 2.22. The molecule has 2 heterocycles. The van der Waals surface area contributed by atoms with Crippen LogP contribution in [0.25, 0.3) is 0 Å². The van der Waals surface area contributed by atoms with Crippen molar-refractivity contribution in [2.45, 2.75) is 0 Å². The van der Waals surface area contributed by atoms with E-state index in [1.54, 1.807) is 18.2 Å². The number of halogens is 2. The van der Waals surface area contributed by atoms with Gasteiger partial charge in [-0.15, -0.1) is 11.3 Å². The summed E-state index contributed by atoms with van der Waals surface area (Å²) in [5.41, 5.74) is 1.73. The molecule has 0 atom stereocenters. The molecule has 0 aliphatic carbocycles. The van der Waals surface area contributed by atoms with E-state index in [9.17, 15) is 9.59 Å². The summed E-state index contributed by atoms with van der Waals surface area (Å²) in [6.07, 6.45) is 0. The van der Waals surface area contributed by atoms with Gasteiger partial charge in [0.1, 0.15) is 5.75 Å². The van der Waals surface area contributed by atoms with Crippen molar-refractivity contribution < 1.29 is 14.3 Å². The maximum absolute atomic E-state index is 12.5. The molecule has 6 nitrogen and oxygen atoms in total. The number of amides is 2. The number of carbonyl (C=O) groups excluding carboxylic acids is 2. The van der Waals surface area contributed by atoms with Gasteiger partial charge in [0, 0.05) is 42.6 Å². The first-order valence-electron chi connectivity index (χ1n) is 10.0. The van der Waals surface area contributed by atoms with E-state index in [2.05, 4.69) is 10.2 Å². The van der Waals surface area contributed by atoms with E-state index < -0.39 is 0 Å². The Morgan fingerprint density at radius 2 is 1.75 bits per heavy atom. The number of anilines is 2. The second kappa shape index (κ2) is 10.3. The Morgan fingerprint density at radius 3 is 2.41 bits per heavy atom. The number of carbonyl (C=O) groups is 2. The third-order valence-corrected chi connectivity index (χ3v) is 6.46. The number of nitrogens with one attached hydrogen (secondary N) is 1. The molecule has 3 aromatic rings. The van der Waals surface area contributed by atoms with E-state index in [-0.39, 0.29) is 18.4 Å². The topological polar surface area (TPSA) is 61.9 Å². The first-order valence-corrected chi connectivity index (χ1v) is 11.7. The molecule has 2 amide bonds. The van der Waals surface area contributed by atoms with Crippen molar-refractivity contribution in [2.75, 3.05) is 43.0 Å². The lowest BCUT2D eigenvalue weighted by Gasteiger charge is -2.36. The fraction of sp³-hybridized carbons (Fsp3) is 0.217. The summed E-state index contributed by atoms with van der Waals surface area (Å²) in [4.78, 5) is 29.6. The molecule has 1 N–H and O–H groups in total. The number of hydrogen-bond donors (Lipinski definition) is 1. The molecule has 1 aromatic heterocycles. The van der Waals surface area contributed by atoms with Gasteiger partial charge in [-0.2, -0.15) is 0 Å². The molecule has 0 bridgehead atoms. The lowest BCUT2D eigenvalue weighted by atomic mass is 10.2. The van der Waals surface area contributed by atoms with Gasteiger partial charge in [0.2, 0.25) is 0 Å². The molecule has 32 heavy (non-hydrogen) atoms. The molecule has 1 aliphatic rings. The van der Waals surface area contributed by atoms with Gasteiger partial charge in [-0.1, -0.05) is 29.3 Å². The minimum atomic E-state index is -0.288. The molecule has 0 saturated carbocycles. The minimum absolute atomic E-state index is 0.0971. The van der Waals surface area contributed by atoms with Crippen LogP contribution >= 0.6 is 34.5 Å². The number of piperazine rings is 1. The smallest absolute Gasteiger partial charge is 0.264 e. The standard InChI is InChI=1S/C23H21Cl2N3O3S/c24-16-3-8-20(19(25)14-16)31-15-22(29)26-17-4-6-18(7-5-17)27-9-11-28(12-10-27)23(30)21-2-1-13-32-21/h1-8,13-14H,9-12,15H2,(H,26,29). The number of rotatable bonds is 6. The molecule has 2 aromatic carbocycles. The van der Waals surface area contributed by atoms with E-state index in [4.69, 9.17) is 27.9 Å². The zero-order valence-corrected chi connectivity index (χ0v) is 19.4.